The van der Waals surface area contributed by atoms with Crippen molar-refractivity contribution >= 4 is 23.1 Å². The van der Waals surface area contributed by atoms with Crippen LogP contribution in [0, 0.1) is 11.7 Å². The maximum atomic E-state index is 15.5. The van der Waals surface area contributed by atoms with Crippen molar-refractivity contribution in [3.8, 4) is 11.3 Å². The normalized spacial score (nSPS) is 22.3. The average molecular weight is 553 g/mol. The van der Waals surface area contributed by atoms with Crippen molar-refractivity contribution < 1.29 is 14.0 Å². The lowest BCUT2D eigenvalue weighted by Gasteiger charge is -2.35. The summed E-state index contributed by atoms with van der Waals surface area (Å²) < 4.78 is 17.3. The number of halogens is 1. The second-order valence-corrected chi connectivity index (χ2v) is 11.7. The first-order valence-electron chi connectivity index (χ1n) is 14.5. The van der Waals surface area contributed by atoms with E-state index in [2.05, 4.69) is 19.1 Å². The molecule has 8 nitrogen and oxygen atoms in total. The van der Waals surface area contributed by atoms with Gasteiger partial charge < -0.3 is 15.5 Å². The van der Waals surface area contributed by atoms with E-state index in [9.17, 15) is 9.59 Å². The number of aromatic nitrogens is 3. The molecule has 2 aliphatic heterocycles. The van der Waals surface area contributed by atoms with Crippen LogP contribution >= 0.6 is 0 Å². The first-order valence-corrected chi connectivity index (χ1v) is 14.5. The molecule has 7 rings (SSSR count). The Morgan fingerprint density at radius 3 is 2.54 bits per heavy atom. The van der Waals surface area contributed by atoms with Crippen LogP contribution in [0.1, 0.15) is 72.4 Å². The van der Waals surface area contributed by atoms with Crippen LogP contribution in [0.3, 0.4) is 0 Å². The predicted molar refractivity (Wildman–Crippen MR) is 154 cm³/mol. The quantitative estimate of drug-likeness (QED) is 0.381. The minimum absolute atomic E-state index is 0.0421. The molecule has 2 fully saturated rings. The molecule has 3 atom stereocenters. The molecular weight excluding hydrogens is 519 g/mol. The monoisotopic (exact) mass is 552 g/mol. The van der Waals surface area contributed by atoms with Crippen molar-refractivity contribution in [2.45, 2.75) is 57.5 Å². The number of benzene rings is 2. The Kier molecular flexibility index (Phi) is 6.06. The molecule has 0 spiro atoms. The zero-order chi connectivity index (χ0) is 28.4. The lowest BCUT2D eigenvalue weighted by Crippen LogP contribution is -2.39. The fraction of sp³-hybridized carbons (Fsp3) is 0.375. The fourth-order valence-corrected chi connectivity index (χ4v) is 6.68. The van der Waals surface area contributed by atoms with E-state index in [1.807, 2.05) is 41.0 Å². The van der Waals surface area contributed by atoms with E-state index >= 15 is 4.39 Å². The molecule has 2 aromatic carbocycles. The number of anilines is 1. The van der Waals surface area contributed by atoms with E-state index in [0.717, 1.165) is 25.0 Å². The van der Waals surface area contributed by atoms with Gasteiger partial charge in [-0.05, 0) is 74.9 Å². The van der Waals surface area contributed by atoms with E-state index in [0.29, 0.717) is 53.7 Å². The zero-order valence-electron chi connectivity index (χ0n) is 23.3. The van der Waals surface area contributed by atoms with Gasteiger partial charge in [0.1, 0.15) is 11.5 Å². The Bertz CT molecular complexity index is 1700. The molecule has 0 bridgehead atoms. The van der Waals surface area contributed by atoms with Gasteiger partial charge in [0.05, 0.1) is 17.7 Å². The molecule has 1 aliphatic carbocycles. The standard InChI is InChI=1S/C32H33FN6O2/c1-18-23-6-4-3-5-20(23)11-13-38(18)32(41)28-16-29(21-7-8-21)39-30(35-28)17-27(36-39)25-10-9-22(15-26(25)33)37-14-12-24(19(37)2)31(34)40/h3-6,9-10,15-19,21,24H,7-8,11-14H2,1-2H3,(H2,34,40)/t18-,19-,24+/m1/s1. The molecule has 2 N–H and O–H groups in total. The number of rotatable bonds is 5. The fourth-order valence-electron chi connectivity index (χ4n) is 6.68. The van der Waals surface area contributed by atoms with Crippen molar-refractivity contribution in [1.29, 1.82) is 0 Å². The zero-order valence-corrected chi connectivity index (χ0v) is 23.3. The van der Waals surface area contributed by atoms with Gasteiger partial charge in [0, 0.05) is 48.1 Å². The van der Waals surface area contributed by atoms with E-state index < -0.39 is 5.82 Å². The van der Waals surface area contributed by atoms with Gasteiger partial charge in [-0.25, -0.2) is 13.9 Å². The van der Waals surface area contributed by atoms with Gasteiger partial charge in [0.2, 0.25) is 5.91 Å². The van der Waals surface area contributed by atoms with Gasteiger partial charge in [-0.15, -0.1) is 0 Å². The van der Waals surface area contributed by atoms with Gasteiger partial charge in [0.15, 0.2) is 5.65 Å². The molecule has 2 aromatic heterocycles. The number of carbonyl (C=O) groups excluding carboxylic acids is 2. The SMILES string of the molecule is C[C@@H]1c2ccccc2CCN1C(=O)c1cc(C2CC2)n2nc(-c3ccc(N4CC[C@H](C(N)=O)[C@H]4C)cc3F)cc2n1. The molecule has 41 heavy (non-hydrogen) atoms. The highest BCUT2D eigenvalue weighted by Crippen LogP contribution is 2.41. The highest BCUT2D eigenvalue weighted by molar-refractivity contribution is 5.93. The van der Waals surface area contributed by atoms with Gasteiger partial charge in [-0.1, -0.05) is 24.3 Å². The van der Waals surface area contributed by atoms with Gasteiger partial charge in [0.25, 0.3) is 5.91 Å². The van der Waals surface area contributed by atoms with Gasteiger partial charge >= 0.3 is 0 Å². The molecule has 3 aliphatic rings. The second kappa shape index (κ2) is 9.68. The minimum Gasteiger partial charge on any atom is -0.369 e. The number of primary amides is 1. The van der Waals surface area contributed by atoms with Crippen LogP contribution in [0.5, 0.6) is 0 Å². The summed E-state index contributed by atoms with van der Waals surface area (Å²) in [5, 5.41) is 4.75. The molecule has 0 unspecified atom stereocenters. The van der Waals surface area contributed by atoms with Crippen LogP contribution in [0.2, 0.25) is 0 Å². The van der Waals surface area contributed by atoms with E-state index in [1.54, 1.807) is 16.6 Å². The Morgan fingerprint density at radius 2 is 1.80 bits per heavy atom. The first-order chi connectivity index (χ1) is 19.8. The molecule has 4 heterocycles. The minimum atomic E-state index is -0.397. The number of carbonyl (C=O) groups is 2. The van der Waals surface area contributed by atoms with Gasteiger partial charge in [-0.2, -0.15) is 5.10 Å². The van der Waals surface area contributed by atoms with Gasteiger partial charge in [-0.3, -0.25) is 9.59 Å². The molecule has 0 radical (unpaired) electrons. The van der Waals surface area contributed by atoms with Crippen LogP contribution in [0.25, 0.3) is 16.9 Å². The van der Waals surface area contributed by atoms with Crippen LogP contribution in [-0.2, 0) is 11.2 Å². The average Bonchev–Trinajstić information content (AvgIpc) is 3.60. The highest BCUT2D eigenvalue weighted by atomic mass is 19.1. The maximum Gasteiger partial charge on any atom is 0.273 e. The third-order valence-electron chi connectivity index (χ3n) is 9.21. The summed E-state index contributed by atoms with van der Waals surface area (Å²) in [6.07, 6.45) is 3.53. The van der Waals surface area contributed by atoms with Crippen molar-refractivity contribution in [3.63, 3.8) is 0 Å². The van der Waals surface area contributed by atoms with Crippen LogP contribution < -0.4 is 10.6 Å². The first kappa shape index (κ1) is 25.7. The summed E-state index contributed by atoms with van der Waals surface area (Å²) in [4.78, 5) is 34.2. The number of nitrogens with zero attached hydrogens (tertiary/aromatic N) is 5. The number of nitrogens with two attached hydrogens (primary N) is 1. The number of fused-ring (bicyclic) bond motifs is 2. The molecule has 2 amide bonds. The predicted octanol–water partition coefficient (Wildman–Crippen LogP) is 4.87. The van der Waals surface area contributed by atoms with E-state index in [4.69, 9.17) is 15.8 Å². The van der Waals surface area contributed by atoms with Crippen LogP contribution in [-0.4, -0.2) is 50.4 Å². The molecule has 1 saturated heterocycles. The van der Waals surface area contributed by atoms with Crippen molar-refractivity contribution in [2.75, 3.05) is 18.0 Å². The highest BCUT2D eigenvalue weighted by Gasteiger charge is 2.35. The summed E-state index contributed by atoms with van der Waals surface area (Å²) in [6, 6.07) is 16.9. The van der Waals surface area contributed by atoms with Crippen LogP contribution in [0.15, 0.2) is 54.6 Å². The number of hydrogen-bond acceptors (Lipinski definition) is 5. The summed E-state index contributed by atoms with van der Waals surface area (Å²) in [6.45, 7) is 5.30. The van der Waals surface area contributed by atoms with Crippen LogP contribution in [0.4, 0.5) is 10.1 Å². The smallest absolute Gasteiger partial charge is 0.273 e. The second-order valence-electron chi connectivity index (χ2n) is 11.7. The Balaban J connectivity index is 1.21. The lowest BCUT2D eigenvalue weighted by atomic mass is 9.93. The van der Waals surface area contributed by atoms with E-state index in [1.165, 1.54) is 17.2 Å². The lowest BCUT2D eigenvalue weighted by molar-refractivity contribution is -0.121. The van der Waals surface area contributed by atoms with E-state index in [-0.39, 0.29) is 29.8 Å². The molecule has 210 valence electrons. The summed E-state index contributed by atoms with van der Waals surface area (Å²) in [5.74, 6) is -0.753. The summed E-state index contributed by atoms with van der Waals surface area (Å²) >= 11 is 0. The Labute approximate surface area is 238 Å². The Morgan fingerprint density at radius 1 is 1.00 bits per heavy atom. The molecule has 9 heteroatoms. The maximum absolute atomic E-state index is 15.5. The third-order valence-corrected chi connectivity index (χ3v) is 9.21. The summed E-state index contributed by atoms with van der Waals surface area (Å²) in [7, 11) is 0. The topological polar surface area (TPSA) is 96.8 Å². The molecule has 4 aromatic rings. The molecular formula is C32H33FN6O2. The summed E-state index contributed by atoms with van der Waals surface area (Å²) in [5.41, 5.74) is 11.4. The van der Waals surface area contributed by atoms with Crippen molar-refractivity contribution in [1.82, 2.24) is 19.5 Å². The molecule has 1 saturated carbocycles. The largest absolute Gasteiger partial charge is 0.369 e. The van der Waals surface area contributed by atoms with Crippen molar-refractivity contribution in [2.24, 2.45) is 11.7 Å². The van der Waals surface area contributed by atoms with Crippen molar-refractivity contribution in [3.05, 3.63) is 82.9 Å². The Hall–Kier alpha value is -4.27. The number of hydrogen-bond donors (Lipinski definition) is 1. The number of amides is 2. The third kappa shape index (κ3) is 4.34.